The first-order chi connectivity index (χ1) is 6.20. The van der Waals surface area contributed by atoms with Crippen molar-refractivity contribution in [1.82, 2.24) is 5.32 Å². The Morgan fingerprint density at radius 2 is 2.46 bits per heavy atom. The van der Waals surface area contributed by atoms with Gasteiger partial charge >= 0.3 is 5.97 Å². The summed E-state index contributed by atoms with van der Waals surface area (Å²) in [6.07, 6.45) is 2.54. The highest BCUT2D eigenvalue weighted by molar-refractivity contribution is 8.00. The quantitative estimate of drug-likeness (QED) is 0.654. The van der Waals surface area contributed by atoms with Crippen LogP contribution in [0, 0.1) is 0 Å². The molecule has 13 heavy (non-hydrogen) atoms. The average molecular weight is 201 g/mol. The monoisotopic (exact) mass is 201 g/mol. The molecule has 0 spiro atoms. The van der Waals surface area contributed by atoms with Crippen LogP contribution in [0.4, 0.5) is 0 Å². The van der Waals surface area contributed by atoms with Crippen LogP contribution in [0.5, 0.6) is 0 Å². The first-order valence-electron chi connectivity index (χ1n) is 4.43. The Labute approximate surface area is 82.6 Å². The molecule has 1 heterocycles. The number of carboxylic acid groups (broad SMARTS) is 1. The summed E-state index contributed by atoms with van der Waals surface area (Å²) < 4.78 is 0. The van der Waals surface area contributed by atoms with Crippen molar-refractivity contribution in [2.45, 2.75) is 18.1 Å². The highest BCUT2D eigenvalue weighted by Crippen LogP contribution is 2.25. The fourth-order valence-corrected chi connectivity index (χ4v) is 2.50. The predicted octanol–water partition coefficient (Wildman–Crippen LogP) is 1.11. The third-order valence-corrected chi connectivity index (χ3v) is 3.43. The molecule has 2 N–H and O–H groups in total. The van der Waals surface area contributed by atoms with Crippen molar-refractivity contribution >= 4 is 17.7 Å². The third-order valence-electron chi connectivity index (χ3n) is 2.04. The summed E-state index contributed by atoms with van der Waals surface area (Å²) in [5.74, 6) is 0.332. The Morgan fingerprint density at radius 3 is 3.00 bits per heavy atom. The number of thioether (sulfide) groups is 1. The van der Waals surface area contributed by atoms with Crippen LogP contribution in [0.15, 0.2) is 12.2 Å². The Hall–Kier alpha value is -0.480. The van der Waals surface area contributed by atoms with E-state index in [0.717, 1.165) is 6.54 Å². The van der Waals surface area contributed by atoms with E-state index < -0.39 is 5.97 Å². The molecule has 0 aromatic rings. The van der Waals surface area contributed by atoms with Crippen LogP contribution >= 0.6 is 11.8 Å². The Morgan fingerprint density at radius 1 is 1.69 bits per heavy atom. The van der Waals surface area contributed by atoms with Crippen molar-refractivity contribution in [1.29, 1.82) is 0 Å². The van der Waals surface area contributed by atoms with Gasteiger partial charge in [-0.05, 0) is 18.6 Å². The van der Waals surface area contributed by atoms with Crippen molar-refractivity contribution < 1.29 is 9.90 Å². The lowest BCUT2D eigenvalue weighted by Gasteiger charge is -2.09. The van der Waals surface area contributed by atoms with E-state index in [0.29, 0.717) is 11.8 Å². The van der Waals surface area contributed by atoms with Crippen LogP contribution in [0.25, 0.3) is 0 Å². The van der Waals surface area contributed by atoms with Crippen LogP contribution < -0.4 is 5.32 Å². The van der Waals surface area contributed by atoms with Gasteiger partial charge in [0.05, 0.1) is 0 Å². The van der Waals surface area contributed by atoms with Crippen molar-refractivity contribution in [3.8, 4) is 0 Å². The molecule has 0 amide bonds. The number of rotatable bonds is 5. The Balaban J connectivity index is 2.06. The smallest absolute Gasteiger partial charge is 0.332 e. The third kappa shape index (κ3) is 3.83. The second-order valence-electron chi connectivity index (χ2n) is 3.17. The van der Waals surface area contributed by atoms with Crippen molar-refractivity contribution in [2.24, 2.45) is 0 Å². The van der Waals surface area contributed by atoms with Crippen LogP contribution in [-0.2, 0) is 4.79 Å². The van der Waals surface area contributed by atoms with E-state index in [1.807, 2.05) is 11.8 Å². The molecule has 1 aliphatic rings. The molecule has 3 nitrogen and oxygen atoms in total. The Bertz CT molecular complexity index is 200. The summed E-state index contributed by atoms with van der Waals surface area (Å²) in [6.45, 7) is 4.74. The molecular weight excluding hydrogens is 186 g/mol. The molecule has 1 unspecified atom stereocenters. The van der Waals surface area contributed by atoms with Crippen LogP contribution in [0.1, 0.15) is 12.8 Å². The maximum atomic E-state index is 10.4. The molecule has 0 aromatic heterocycles. The number of carboxylic acids is 1. The van der Waals surface area contributed by atoms with Crippen molar-refractivity contribution in [2.75, 3.05) is 18.8 Å². The van der Waals surface area contributed by atoms with Gasteiger partial charge in [0.15, 0.2) is 0 Å². The number of aliphatic carboxylic acids is 1. The van der Waals surface area contributed by atoms with Gasteiger partial charge in [-0.3, -0.25) is 0 Å². The molecule has 74 valence electrons. The van der Waals surface area contributed by atoms with Gasteiger partial charge in [-0.15, -0.1) is 0 Å². The standard InChI is InChI=1S/C9H15NO2S/c1-7(9(11)12)5-10-6-8-3-2-4-13-8/h8,10H,1-6H2,(H,11,12). The number of nitrogens with one attached hydrogen (secondary N) is 1. The number of hydrogen-bond acceptors (Lipinski definition) is 3. The lowest BCUT2D eigenvalue weighted by Crippen LogP contribution is -2.26. The Kier molecular flexibility index (Phi) is 4.32. The van der Waals surface area contributed by atoms with E-state index in [9.17, 15) is 4.79 Å². The van der Waals surface area contributed by atoms with E-state index in [-0.39, 0.29) is 5.57 Å². The second kappa shape index (κ2) is 5.29. The zero-order valence-corrected chi connectivity index (χ0v) is 8.40. The van der Waals surface area contributed by atoms with Gasteiger partial charge in [-0.2, -0.15) is 11.8 Å². The highest BCUT2D eigenvalue weighted by Gasteiger charge is 2.14. The summed E-state index contributed by atoms with van der Waals surface area (Å²) in [5.41, 5.74) is 0.239. The summed E-state index contributed by atoms with van der Waals surface area (Å²) >= 11 is 1.96. The van der Waals surface area contributed by atoms with Gasteiger partial charge in [-0.1, -0.05) is 6.58 Å². The molecular formula is C9H15NO2S. The van der Waals surface area contributed by atoms with Gasteiger partial charge in [-0.25, -0.2) is 4.79 Å². The molecule has 1 aliphatic heterocycles. The van der Waals surface area contributed by atoms with Crippen LogP contribution in [0.3, 0.4) is 0 Å². The van der Waals surface area contributed by atoms with E-state index in [1.165, 1.54) is 18.6 Å². The normalized spacial score (nSPS) is 21.7. The highest BCUT2D eigenvalue weighted by atomic mass is 32.2. The molecule has 0 bridgehead atoms. The lowest BCUT2D eigenvalue weighted by atomic mass is 10.2. The predicted molar refractivity (Wildman–Crippen MR) is 55.1 cm³/mol. The average Bonchev–Trinajstić information content (AvgIpc) is 2.56. The van der Waals surface area contributed by atoms with Gasteiger partial charge in [0, 0.05) is 23.9 Å². The van der Waals surface area contributed by atoms with E-state index in [1.54, 1.807) is 0 Å². The van der Waals surface area contributed by atoms with Gasteiger partial charge in [0.2, 0.25) is 0 Å². The maximum absolute atomic E-state index is 10.4. The minimum Gasteiger partial charge on any atom is -0.478 e. The summed E-state index contributed by atoms with van der Waals surface area (Å²) in [7, 11) is 0. The molecule has 1 atom stereocenters. The fourth-order valence-electron chi connectivity index (χ4n) is 1.26. The number of carbonyl (C=O) groups is 1. The maximum Gasteiger partial charge on any atom is 0.332 e. The summed E-state index contributed by atoms with van der Waals surface area (Å²) in [4.78, 5) is 10.4. The number of hydrogen-bond donors (Lipinski definition) is 2. The van der Waals surface area contributed by atoms with E-state index >= 15 is 0 Å². The largest absolute Gasteiger partial charge is 0.478 e. The summed E-state index contributed by atoms with van der Waals surface area (Å²) in [5, 5.41) is 12.3. The fraction of sp³-hybridized carbons (Fsp3) is 0.667. The molecule has 4 heteroatoms. The SMILES string of the molecule is C=C(CNCC1CCCS1)C(=O)O. The van der Waals surface area contributed by atoms with Gasteiger partial charge < -0.3 is 10.4 Å². The van der Waals surface area contributed by atoms with Crippen LogP contribution in [0.2, 0.25) is 0 Å². The molecule has 0 radical (unpaired) electrons. The molecule has 0 aromatic carbocycles. The molecule has 1 saturated heterocycles. The van der Waals surface area contributed by atoms with Crippen LogP contribution in [-0.4, -0.2) is 35.2 Å². The van der Waals surface area contributed by atoms with Crippen molar-refractivity contribution in [3.05, 3.63) is 12.2 Å². The topological polar surface area (TPSA) is 49.3 Å². The van der Waals surface area contributed by atoms with Crippen molar-refractivity contribution in [3.63, 3.8) is 0 Å². The van der Waals surface area contributed by atoms with E-state index in [4.69, 9.17) is 5.11 Å². The lowest BCUT2D eigenvalue weighted by molar-refractivity contribution is -0.132. The second-order valence-corrected chi connectivity index (χ2v) is 4.58. The van der Waals surface area contributed by atoms with Gasteiger partial charge in [0.1, 0.15) is 0 Å². The molecule has 1 rings (SSSR count). The molecule has 0 saturated carbocycles. The zero-order chi connectivity index (χ0) is 9.68. The first kappa shape index (κ1) is 10.6. The minimum absolute atomic E-state index is 0.239. The molecule has 1 fully saturated rings. The first-order valence-corrected chi connectivity index (χ1v) is 5.48. The molecule has 0 aliphatic carbocycles. The zero-order valence-electron chi connectivity index (χ0n) is 7.58. The van der Waals surface area contributed by atoms with E-state index in [2.05, 4.69) is 11.9 Å². The van der Waals surface area contributed by atoms with Gasteiger partial charge in [0.25, 0.3) is 0 Å². The minimum atomic E-state index is -0.911. The summed E-state index contributed by atoms with van der Waals surface area (Å²) in [6, 6.07) is 0.